The van der Waals surface area contributed by atoms with Crippen molar-refractivity contribution in [2.45, 2.75) is 32.6 Å². The Balaban J connectivity index is 1.70. The maximum absolute atomic E-state index is 15.8. The van der Waals surface area contributed by atoms with Gasteiger partial charge in [0.2, 0.25) is 0 Å². The fourth-order valence-electron chi connectivity index (χ4n) is 4.34. The molecule has 1 N–H and O–H groups in total. The van der Waals surface area contributed by atoms with E-state index < -0.39 is 0 Å². The molecule has 4 aromatic heterocycles. The van der Waals surface area contributed by atoms with E-state index in [0.29, 0.717) is 54.0 Å². The van der Waals surface area contributed by atoms with Gasteiger partial charge in [-0.3, -0.25) is 4.79 Å². The van der Waals surface area contributed by atoms with Crippen molar-refractivity contribution >= 4 is 28.2 Å². The zero-order valence-corrected chi connectivity index (χ0v) is 17.6. The van der Waals surface area contributed by atoms with E-state index in [4.69, 9.17) is 4.74 Å². The second-order valence-electron chi connectivity index (χ2n) is 8.10. The predicted octanol–water partition coefficient (Wildman–Crippen LogP) is 3.71. The largest absolute Gasteiger partial charge is 0.493 e. The Hall–Kier alpha value is -3.49. The smallest absolute Gasteiger partial charge is 0.197 e. The van der Waals surface area contributed by atoms with Crippen molar-refractivity contribution in [2.75, 3.05) is 25.1 Å². The molecule has 0 aliphatic carbocycles. The van der Waals surface area contributed by atoms with Crippen LogP contribution in [0.2, 0.25) is 0 Å². The standard InChI is InChI=1S/C22H23FN6O2/c1-12(2)17-18-15(9-24-22(19(18)23)28-6-4-14(30)5-7-28)27-20(17)13-8-16(31-3)21-25-11-26-29(21)10-13/h8-12,27H,4-7H2,1-3H3. The molecular weight excluding hydrogens is 399 g/mol. The molecule has 4 aromatic rings. The van der Waals surface area contributed by atoms with Gasteiger partial charge in [-0.05, 0) is 17.5 Å². The molecule has 0 unspecified atom stereocenters. The van der Waals surface area contributed by atoms with Gasteiger partial charge in [0, 0.05) is 43.1 Å². The maximum atomic E-state index is 15.8. The number of ether oxygens (including phenoxy) is 1. The van der Waals surface area contributed by atoms with Crippen LogP contribution in [0.3, 0.4) is 0 Å². The van der Waals surface area contributed by atoms with Gasteiger partial charge in [0.05, 0.1) is 24.5 Å². The third kappa shape index (κ3) is 3.11. The van der Waals surface area contributed by atoms with Gasteiger partial charge in [0.15, 0.2) is 23.0 Å². The third-order valence-corrected chi connectivity index (χ3v) is 5.85. The number of carbonyl (C=O) groups excluding carboxylic acids is 1. The highest BCUT2D eigenvalue weighted by molar-refractivity contribution is 5.93. The SMILES string of the molecule is COc1cc(-c2[nH]c3cnc(N4CCC(=O)CC4)c(F)c3c2C(C)C)cn2ncnc12. The van der Waals surface area contributed by atoms with Crippen LogP contribution in [0, 0.1) is 5.82 Å². The molecule has 1 aliphatic heterocycles. The number of rotatable bonds is 4. The number of hydrogen-bond donors (Lipinski definition) is 1. The van der Waals surface area contributed by atoms with Crippen LogP contribution in [0.1, 0.15) is 38.2 Å². The fraction of sp³-hybridized carbons (Fsp3) is 0.364. The van der Waals surface area contributed by atoms with Gasteiger partial charge in [-0.25, -0.2) is 18.9 Å². The lowest BCUT2D eigenvalue weighted by atomic mass is 9.96. The Bertz CT molecular complexity index is 1300. The molecule has 0 saturated carbocycles. The fourth-order valence-corrected chi connectivity index (χ4v) is 4.34. The van der Waals surface area contributed by atoms with Crippen molar-refractivity contribution in [1.82, 2.24) is 24.6 Å². The van der Waals surface area contributed by atoms with Crippen molar-refractivity contribution in [2.24, 2.45) is 0 Å². The minimum atomic E-state index is -0.355. The highest BCUT2D eigenvalue weighted by Crippen LogP contribution is 2.39. The van der Waals surface area contributed by atoms with Crippen LogP contribution in [0.25, 0.3) is 27.8 Å². The summed E-state index contributed by atoms with van der Waals surface area (Å²) < 4.78 is 22.9. The lowest BCUT2D eigenvalue weighted by Gasteiger charge is -2.27. The average molecular weight is 422 g/mol. The molecule has 1 aliphatic rings. The number of carbonyl (C=O) groups is 1. The molecular formula is C22H23FN6O2. The first-order valence-corrected chi connectivity index (χ1v) is 10.3. The molecule has 31 heavy (non-hydrogen) atoms. The molecule has 160 valence electrons. The average Bonchev–Trinajstić information content (AvgIpc) is 3.39. The van der Waals surface area contributed by atoms with E-state index in [9.17, 15) is 4.79 Å². The minimum absolute atomic E-state index is 0.0499. The predicted molar refractivity (Wildman–Crippen MR) is 115 cm³/mol. The molecule has 0 spiro atoms. The third-order valence-electron chi connectivity index (χ3n) is 5.85. The van der Waals surface area contributed by atoms with Crippen molar-refractivity contribution in [3.63, 3.8) is 0 Å². The molecule has 0 bridgehead atoms. The van der Waals surface area contributed by atoms with E-state index in [1.807, 2.05) is 31.0 Å². The maximum Gasteiger partial charge on any atom is 0.197 e. The van der Waals surface area contributed by atoms with Crippen LogP contribution in [0.5, 0.6) is 5.75 Å². The van der Waals surface area contributed by atoms with Gasteiger partial charge >= 0.3 is 0 Å². The van der Waals surface area contributed by atoms with Crippen LogP contribution in [-0.4, -0.2) is 50.5 Å². The summed E-state index contributed by atoms with van der Waals surface area (Å²) in [6.45, 7) is 5.05. The lowest BCUT2D eigenvalue weighted by molar-refractivity contribution is -0.119. The number of fused-ring (bicyclic) bond motifs is 2. The number of halogens is 1. The zero-order valence-electron chi connectivity index (χ0n) is 17.6. The molecule has 8 nitrogen and oxygen atoms in total. The molecule has 0 radical (unpaired) electrons. The summed E-state index contributed by atoms with van der Waals surface area (Å²) in [4.78, 5) is 25.4. The molecule has 5 heterocycles. The molecule has 1 fully saturated rings. The second-order valence-corrected chi connectivity index (χ2v) is 8.10. The zero-order chi connectivity index (χ0) is 21.7. The molecule has 5 rings (SSSR count). The number of H-pyrrole nitrogens is 1. The van der Waals surface area contributed by atoms with E-state index in [1.54, 1.807) is 17.8 Å². The quantitative estimate of drug-likeness (QED) is 0.539. The van der Waals surface area contributed by atoms with Gasteiger partial charge in [0.25, 0.3) is 0 Å². The van der Waals surface area contributed by atoms with E-state index in [-0.39, 0.29) is 17.5 Å². The molecule has 0 atom stereocenters. The van der Waals surface area contributed by atoms with Gasteiger partial charge < -0.3 is 14.6 Å². The molecule has 9 heteroatoms. The highest BCUT2D eigenvalue weighted by atomic mass is 19.1. The number of methoxy groups -OCH3 is 1. The summed E-state index contributed by atoms with van der Waals surface area (Å²) in [5.74, 6) is 0.792. The number of ketones is 1. The first kappa shape index (κ1) is 19.5. The topological polar surface area (TPSA) is 88.4 Å². The van der Waals surface area contributed by atoms with Crippen molar-refractivity contribution < 1.29 is 13.9 Å². The highest BCUT2D eigenvalue weighted by Gasteiger charge is 2.26. The Morgan fingerprint density at radius 2 is 2.00 bits per heavy atom. The minimum Gasteiger partial charge on any atom is -0.493 e. The normalized spacial score (nSPS) is 14.9. The number of Topliss-reactive ketones (excluding diaryl/α,β-unsaturated/α-hetero) is 1. The molecule has 0 aromatic carbocycles. The van der Waals surface area contributed by atoms with Crippen LogP contribution >= 0.6 is 0 Å². The number of aromatic nitrogens is 5. The van der Waals surface area contributed by atoms with Gasteiger partial charge in [-0.1, -0.05) is 13.8 Å². The van der Waals surface area contributed by atoms with Crippen molar-refractivity contribution in [3.05, 3.63) is 36.2 Å². The summed E-state index contributed by atoms with van der Waals surface area (Å²) >= 11 is 0. The van der Waals surface area contributed by atoms with Crippen LogP contribution in [0.4, 0.5) is 10.2 Å². The summed E-state index contributed by atoms with van der Waals surface area (Å²) in [6.07, 6.45) is 5.84. The number of nitrogens with one attached hydrogen (secondary N) is 1. The Labute approximate surface area is 178 Å². The van der Waals surface area contributed by atoms with Crippen LogP contribution < -0.4 is 9.64 Å². The number of hydrogen-bond acceptors (Lipinski definition) is 6. The second kappa shape index (κ2) is 7.33. The van der Waals surface area contributed by atoms with E-state index >= 15 is 4.39 Å². The summed E-state index contributed by atoms with van der Waals surface area (Å²) in [5.41, 5.74) is 3.73. The van der Waals surface area contributed by atoms with E-state index in [1.165, 1.54) is 6.33 Å². The Morgan fingerprint density at radius 3 is 2.71 bits per heavy atom. The molecule has 1 saturated heterocycles. The van der Waals surface area contributed by atoms with Crippen LogP contribution in [0.15, 0.2) is 24.8 Å². The summed E-state index contributed by atoms with van der Waals surface area (Å²) in [5, 5.41) is 4.76. The first-order chi connectivity index (χ1) is 15.0. The van der Waals surface area contributed by atoms with Crippen molar-refractivity contribution in [1.29, 1.82) is 0 Å². The summed E-state index contributed by atoms with van der Waals surface area (Å²) in [7, 11) is 1.58. The van der Waals surface area contributed by atoms with Crippen LogP contribution in [-0.2, 0) is 4.79 Å². The first-order valence-electron chi connectivity index (χ1n) is 10.3. The van der Waals surface area contributed by atoms with Crippen molar-refractivity contribution in [3.8, 4) is 17.0 Å². The van der Waals surface area contributed by atoms with E-state index in [0.717, 1.165) is 16.8 Å². The Morgan fingerprint density at radius 1 is 1.23 bits per heavy atom. The number of nitrogens with zero attached hydrogens (tertiary/aromatic N) is 5. The number of aromatic amines is 1. The number of piperidine rings is 1. The van der Waals surface area contributed by atoms with Gasteiger partial charge in [-0.2, -0.15) is 5.10 Å². The lowest BCUT2D eigenvalue weighted by Crippen LogP contribution is -2.35. The monoisotopic (exact) mass is 422 g/mol. The summed E-state index contributed by atoms with van der Waals surface area (Å²) in [6, 6.07) is 1.88. The van der Waals surface area contributed by atoms with E-state index in [2.05, 4.69) is 20.1 Å². The number of anilines is 1. The number of pyridine rings is 2. The van der Waals surface area contributed by atoms with Gasteiger partial charge in [-0.15, -0.1) is 0 Å². The van der Waals surface area contributed by atoms with Gasteiger partial charge in [0.1, 0.15) is 12.1 Å². The Kier molecular flexibility index (Phi) is 4.60. The molecule has 0 amide bonds.